The van der Waals surface area contributed by atoms with Crippen molar-refractivity contribution in [3.05, 3.63) is 0 Å². The third-order valence-electron chi connectivity index (χ3n) is 1.94. The van der Waals surface area contributed by atoms with Crippen molar-refractivity contribution in [3.63, 3.8) is 0 Å². The Morgan fingerprint density at radius 3 is 3.00 bits per heavy atom. The van der Waals surface area contributed by atoms with E-state index in [4.69, 9.17) is 4.74 Å². The van der Waals surface area contributed by atoms with Gasteiger partial charge in [0.05, 0.1) is 11.5 Å². The molecule has 1 saturated heterocycles. The van der Waals surface area contributed by atoms with Crippen molar-refractivity contribution in [2.75, 3.05) is 19.5 Å². The Kier molecular flexibility index (Phi) is 3.22. The first-order valence-corrected chi connectivity index (χ1v) is 5.05. The highest BCUT2D eigenvalue weighted by atomic mass is 32.2. The second kappa shape index (κ2) is 3.78. The minimum atomic E-state index is 0.145. The minimum Gasteiger partial charge on any atom is -0.382 e. The van der Waals surface area contributed by atoms with E-state index in [-0.39, 0.29) is 4.87 Å². The van der Waals surface area contributed by atoms with E-state index in [0.29, 0.717) is 6.04 Å². The van der Waals surface area contributed by atoms with E-state index in [0.717, 1.165) is 6.61 Å². The van der Waals surface area contributed by atoms with Crippen LogP contribution in [0.5, 0.6) is 0 Å². The molecule has 3 heteroatoms. The number of thioether (sulfide) groups is 1. The van der Waals surface area contributed by atoms with Gasteiger partial charge in [0.15, 0.2) is 0 Å². The fraction of sp³-hybridized carbons (Fsp3) is 1.00. The molecule has 1 aliphatic rings. The first-order chi connectivity index (χ1) is 5.16. The van der Waals surface area contributed by atoms with Crippen molar-refractivity contribution in [2.45, 2.75) is 31.2 Å². The molecule has 0 amide bonds. The summed E-state index contributed by atoms with van der Waals surface area (Å²) in [4.78, 5) is 0.145. The molecule has 66 valence electrons. The van der Waals surface area contributed by atoms with Gasteiger partial charge < -0.3 is 4.74 Å². The van der Waals surface area contributed by atoms with Gasteiger partial charge in [-0.1, -0.05) is 0 Å². The van der Waals surface area contributed by atoms with Crippen LogP contribution in [0.25, 0.3) is 0 Å². The van der Waals surface area contributed by atoms with E-state index in [9.17, 15) is 0 Å². The fourth-order valence-electron chi connectivity index (χ4n) is 1.45. The summed E-state index contributed by atoms with van der Waals surface area (Å²) in [5, 5.41) is 3.53. The van der Waals surface area contributed by atoms with Gasteiger partial charge in [-0.25, -0.2) is 0 Å². The van der Waals surface area contributed by atoms with Gasteiger partial charge in [0.1, 0.15) is 0 Å². The van der Waals surface area contributed by atoms with Gasteiger partial charge in [-0.3, -0.25) is 5.32 Å². The van der Waals surface area contributed by atoms with Crippen molar-refractivity contribution in [1.82, 2.24) is 5.32 Å². The van der Waals surface area contributed by atoms with Crippen LogP contribution in [-0.4, -0.2) is 30.4 Å². The maximum Gasteiger partial charge on any atom is 0.0854 e. The summed E-state index contributed by atoms with van der Waals surface area (Å²) in [6, 6.07) is 0.636. The van der Waals surface area contributed by atoms with Gasteiger partial charge in [-0.05, 0) is 26.0 Å². The molecule has 0 aliphatic carbocycles. The lowest BCUT2D eigenvalue weighted by molar-refractivity contribution is 0.152. The number of methoxy groups -OCH3 is 1. The molecule has 0 aromatic heterocycles. The van der Waals surface area contributed by atoms with Crippen LogP contribution in [0.3, 0.4) is 0 Å². The maximum atomic E-state index is 5.15. The summed E-state index contributed by atoms with van der Waals surface area (Å²) < 4.78 is 5.15. The number of nitrogens with one attached hydrogen (secondary N) is 1. The van der Waals surface area contributed by atoms with E-state index in [2.05, 4.69) is 19.2 Å². The van der Waals surface area contributed by atoms with Gasteiger partial charge >= 0.3 is 0 Å². The van der Waals surface area contributed by atoms with Crippen molar-refractivity contribution in [1.29, 1.82) is 0 Å². The Bertz CT molecular complexity index is 127. The van der Waals surface area contributed by atoms with Gasteiger partial charge in [0, 0.05) is 13.2 Å². The SMILES string of the molecule is COCC1(C)NC(C)CCS1. The molecular formula is C8H17NOS. The maximum absolute atomic E-state index is 5.15. The largest absolute Gasteiger partial charge is 0.382 e. The van der Waals surface area contributed by atoms with Gasteiger partial charge in [-0.2, -0.15) is 0 Å². The molecule has 2 nitrogen and oxygen atoms in total. The molecule has 0 spiro atoms. The van der Waals surface area contributed by atoms with E-state index in [1.54, 1.807) is 7.11 Å². The summed E-state index contributed by atoms with van der Waals surface area (Å²) in [5.74, 6) is 1.24. The molecule has 2 atom stereocenters. The number of hydrogen-bond acceptors (Lipinski definition) is 3. The van der Waals surface area contributed by atoms with Crippen molar-refractivity contribution < 1.29 is 4.74 Å². The second-order valence-corrected chi connectivity index (χ2v) is 4.94. The van der Waals surface area contributed by atoms with Crippen LogP contribution in [0.15, 0.2) is 0 Å². The summed E-state index contributed by atoms with van der Waals surface area (Å²) in [6.07, 6.45) is 1.27. The van der Waals surface area contributed by atoms with Gasteiger partial charge in [0.2, 0.25) is 0 Å². The Morgan fingerprint density at radius 2 is 2.45 bits per heavy atom. The molecule has 1 rings (SSSR count). The first-order valence-electron chi connectivity index (χ1n) is 4.07. The summed E-state index contributed by atoms with van der Waals surface area (Å²) >= 11 is 1.96. The van der Waals surface area contributed by atoms with E-state index in [1.165, 1.54) is 12.2 Å². The second-order valence-electron chi connectivity index (χ2n) is 3.35. The lowest BCUT2D eigenvalue weighted by Gasteiger charge is -2.37. The van der Waals surface area contributed by atoms with Crippen LogP contribution in [0.2, 0.25) is 0 Å². The average molecular weight is 175 g/mol. The molecule has 0 bridgehead atoms. The van der Waals surface area contributed by atoms with Gasteiger partial charge in [0.25, 0.3) is 0 Å². The number of hydrogen-bond donors (Lipinski definition) is 1. The molecule has 11 heavy (non-hydrogen) atoms. The molecule has 0 saturated carbocycles. The third kappa shape index (κ3) is 2.65. The normalized spacial score (nSPS) is 39.0. The van der Waals surface area contributed by atoms with Crippen LogP contribution < -0.4 is 5.32 Å². The van der Waals surface area contributed by atoms with Crippen LogP contribution in [-0.2, 0) is 4.74 Å². The van der Waals surface area contributed by atoms with Crippen LogP contribution >= 0.6 is 11.8 Å². The van der Waals surface area contributed by atoms with Crippen LogP contribution in [0.1, 0.15) is 20.3 Å². The average Bonchev–Trinajstić information content (AvgIpc) is 1.86. The summed E-state index contributed by atoms with van der Waals surface area (Å²) in [6.45, 7) is 5.23. The zero-order chi connectivity index (χ0) is 8.32. The lowest BCUT2D eigenvalue weighted by atomic mass is 10.2. The van der Waals surface area contributed by atoms with E-state index >= 15 is 0 Å². The molecule has 1 fully saturated rings. The fourth-order valence-corrected chi connectivity index (χ4v) is 2.86. The third-order valence-corrected chi connectivity index (χ3v) is 3.26. The molecule has 0 aromatic rings. The van der Waals surface area contributed by atoms with Gasteiger partial charge in [-0.15, -0.1) is 11.8 Å². The Morgan fingerprint density at radius 1 is 1.73 bits per heavy atom. The quantitative estimate of drug-likeness (QED) is 0.686. The molecule has 1 heterocycles. The van der Waals surface area contributed by atoms with Crippen LogP contribution in [0, 0.1) is 0 Å². The standard InChI is InChI=1S/C8H17NOS/c1-7-4-5-11-8(2,9-7)6-10-3/h7,9H,4-6H2,1-3H3. The summed E-state index contributed by atoms with van der Waals surface area (Å²) in [7, 11) is 1.76. The molecule has 1 aliphatic heterocycles. The lowest BCUT2D eigenvalue weighted by Crippen LogP contribution is -2.51. The predicted octanol–water partition coefficient (Wildman–Crippen LogP) is 1.46. The Hall–Kier alpha value is 0.270. The minimum absolute atomic E-state index is 0.145. The molecular weight excluding hydrogens is 158 g/mol. The van der Waals surface area contributed by atoms with E-state index in [1.807, 2.05) is 11.8 Å². The zero-order valence-electron chi connectivity index (χ0n) is 7.52. The van der Waals surface area contributed by atoms with Crippen LogP contribution in [0.4, 0.5) is 0 Å². The molecule has 2 unspecified atom stereocenters. The monoisotopic (exact) mass is 175 g/mol. The number of rotatable bonds is 2. The Labute approximate surface area is 73.1 Å². The molecule has 0 aromatic carbocycles. The first kappa shape index (κ1) is 9.36. The Balaban J connectivity index is 2.41. The zero-order valence-corrected chi connectivity index (χ0v) is 8.33. The topological polar surface area (TPSA) is 21.3 Å². The van der Waals surface area contributed by atoms with E-state index < -0.39 is 0 Å². The van der Waals surface area contributed by atoms with Crippen molar-refractivity contribution in [2.24, 2.45) is 0 Å². The predicted molar refractivity (Wildman–Crippen MR) is 50.0 cm³/mol. The van der Waals surface area contributed by atoms with Crippen molar-refractivity contribution >= 4 is 11.8 Å². The molecule has 1 N–H and O–H groups in total. The smallest absolute Gasteiger partial charge is 0.0854 e. The summed E-state index contributed by atoms with van der Waals surface area (Å²) in [5.41, 5.74) is 0. The highest BCUT2D eigenvalue weighted by Gasteiger charge is 2.29. The highest BCUT2D eigenvalue weighted by Crippen LogP contribution is 2.28. The van der Waals surface area contributed by atoms with Crippen molar-refractivity contribution in [3.8, 4) is 0 Å². The number of ether oxygens (including phenoxy) is 1. The molecule has 0 radical (unpaired) electrons. The highest BCUT2D eigenvalue weighted by molar-refractivity contribution is 8.00.